The standard InChI is InChI=1S/C18H20N4O/c19-11-15-2-1-3-16(10-15)12-21-8-9-22(14-18(23)13-21)17-4-6-20-7-5-17/h1-7,10,18,23H,8-9,12-14H2. The normalized spacial score (nSPS) is 19.1. The summed E-state index contributed by atoms with van der Waals surface area (Å²) < 4.78 is 0. The molecule has 5 nitrogen and oxygen atoms in total. The van der Waals surface area contributed by atoms with Gasteiger partial charge in [0.05, 0.1) is 17.7 Å². The number of benzene rings is 1. The highest BCUT2D eigenvalue weighted by molar-refractivity contribution is 5.45. The summed E-state index contributed by atoms with van der Waals surface area (Å²) in [5.41, 5.74) is 2.87. The fourth-order valence-corrected chi connectivity index (χ4v) is 2.99. The summed E-state index contributed by atoms with van der Waals surface area (Å²) >= 11 is 0. The van der Waals surface area contributed by atoms with Gasteiger partial charge in [0, 0.05) is 50.8 Å². The van der Waals surface area contributed by atoms with Gasteiger partial charge in [0.1, 0.15) is 0 Å². The summed E-state index contributed by atoms with van der Waals surface area (Å²) in [6, 6.07) is 13.8. The number of rotatable bonds is 3. The minimum Gasteiger partial charge on any atom is -0.390 e. The van der Waals surface area contributed by atoms with Crippen molar-refractivity contribution in [3.63, 3.8) is 0 Å². The van der Waals surface area contributed by atoms with E-state index in [1.807, 2.05) is 36.4 Å². The molecule has 1 fully saturated rings. The van der Waals surface area contributed by atoms with E-state index >= 15 is 0 Å². The summed E-state index contributed by atoms with van der Waals surface area (Å²) in [6.07, 6.45) is 3.15. The number of pyridine rings is 1. The minimum absolute atomic E-state index is 0.398. The highest BCUT2D eigenvalue weighted by atomic mass is 16.3. The van der Waals surface area contributed by atoms with Gasteiger partial charge in [0.2, 0.25) is 0 Å². The molecule has 2 heterocycles. The molecule has 0 bridgehead atoms. The lowest BCUT2D eigenvalue weighted by molar-refractivity contribution is 0.129. The number of hydrogen-bond acceptors (Lipinski definition) is 5. The van der Waals surface area contributed by atoms with Crippen LogP contribution in [-0.2, 0) is 6.54 Å². The van der Waals surface area contributed by atoms with E-state index in [4.69, 9.17) is 5.26 Å². The average molecular weight is 308 g/mol. The Hall–Kier alpha value is -2.42. The Labute approximate surface area is 136 Å². The average Bonchev–Trinajstić information content (AvgIpc) is 2.77. The number of aliphatic hydroxyl groups is 1. The number of nitrogens with zero attached hydrogens (tertiary/aromatic N) is 4. The summed E-state index contributed by atoms with van der Waals surface area (Å²) in [6.45, 7) is 3.74. The molecular formula is C18H20N4O. The molecule has 1 saturated heterocycles. The molecule has 0 spiro atoms. The number of nitriles is 1. The fraction of sp³-hybridized carbons (Fsp3) is 0.333. The first kappa shape index (κ1) is 15.5. The number of hydrogen-bond donors (Lipinski definition) is 1. The molecule has 3 rings (SSSR count). The zero-order valence-corrected chi connectivity index (χ0v) is 13.0. The van der Waals surface area contributed by atoms with Gasteiger partial charge >= 0.3 is 0 Å². The molecule has 1 aliphatic heterocycles. The highest BCUT2D eigenvalue weighted by Crippen LogP contribution is 2.17. The Bertz CT molecular complexity index is 683. The van der Waals surface area contributed by atoms with E-state index in [-0.39, 0.29) is 0 Å². The molecule has 1 N–H and O–H groups in total. The number of β-amino-alcohol motifs (C(OH)–C–C–N with tert-alkyl or cyclic N) is 1. The van der Waals surface area contributed by atoms with Gasteiger partial charge in [-0.15, -0.1) is 0 Å². The van der Waals surface area contributed by atoms with Crippen molar-refractivity contribution >= 4 is 5.69 Å². The van der Waals surface area contributed by atoms with Crippen molar-refractivity contribution < 1.29 is 5.11 Å². The second-order valence-corrected chi connectivity index (χ2v) is 5.85. The van der Waals surface area contributed by atoms with E-state index < -0.39 is 6.10 Å². The third-order valence-electron chi connectivity index (χ3n) is 4.08. The summed E-state index contributed by atoms with van der Waals surface area (Å²) in [5, 5.41) is 19.3. The maximum absolute atomic E-state index is 10.3. The molecule has 5 heteroatoms. The van der Waals surface area contributed by atoms with Crippen LogP contribution in [0.3, 0.4) is 0 Å². The molecule has 1 atom stereocenters. The van der Waals surface area contributed by atoms with Crippen LogP contribution >= 0.6 is 0 Å². The Balaban J connectivity index is 1.67. The number of aromatic nitrogens is 1. The summed E-state index contributed by atoms with van der Waals surface area (Å²) in [5.74, 6) is 0. The van der Waals surface area contributed by atoms with Crippen LogP contribution in [0.15, 0.2) is 48.8 Å². The van der Waals surface area contributed by atoms with E-state index in [9.17, 15) is 5.11 Å². The molecule has 1 aromatic heterocycles. The van der Waals surface area contributed by atoms with Gasteiger partial charge in [0.25, 0.3) is 0 Å². The first-order chi connectivity index (χ1) is 11.2. The van der Waals surface area contributed by atoms with Gasteiger partial charge in [0.15, 0.2) is 0 Å². The van der Waals surface area contributed by atoms with E-state index in [0.29, 0.717) is 18.7 Å². The van der Waals surface area contributed by atoms with Gasteiger partial charge in [-0.2, -0.15) is 5.26 Å². The maximum Gasteiger partial charge on any atom is 0.0991 e. The van der Waals surface area contributed by atoms with Gasteiger partial charge in [-0.3, -0.25) is 9.88 Å². The van der Waals surface area contributed by atoms with Gasteiger partial charge < -0.3 is 10.0 Å². The molecular weight excluding hydrogens is 288 g/mol. The monoisotopic (exact) mass is 308 g/mol. The quantitative estimate of drug-likeness (QED) is 0.934. The molecule has 0 amide bonds. The highest BCUT2D eigenvalue weighted by Gasteiger charge is 2.21. The fourth-order valence-electron chi connectivity index (χ4n) is 2.99. The lowest BCUT2D eigenvalue weighted by Crippen LogP contribution is -2.33. The molecule has 0 radical (unpaired) electrons. The number of anilines is 1. The lowest BCUT2D eigenvalue weighted by atomic mass is 10.1. The van der Waals surface area contributed by atoms with Gasteiger partial charge in [-0.25, -0.2) is 0 Å². The summed E-state index contributed by atoms with van der Waals surface area (Å²) in [4.78, 5) is 8.47. The van der Waals surface area contributed by atoms with Crippen LogP contribution in [0.2, 0.25) is 0 Å². The van der Waals surface area contributed by atoms with Crippen LogP contribution in [-0.4, -0.2) is 47.3 Å². The van der Waals surface area contributed by atoms with Crippen LogP contribution in [0, 0.1) is 11.3 Å². The van der Waals surface area contributed by atoms with Crippen molar-refractivity contribution in [1.29, 1.82) is 5.26 Å². The molecule has 23 heavy (non-hydrogen) atoms. The zero-order chi connectivity index (χ0) is 16.1. The molecule has 1 aromatic carbocycles. The molecule has 2 aromatic rings. The van der Waals surface area contributed by atoms with Crippen molar-refractivity contribution in [3.05, 3.63) is 59.9 Å². The first-order valence-electron chi connectivity index (χ1n) is 7.79. The SMILES string of the molecule is N#Cc1cccc(CN2CCN(c3ccncc3)CC(O)C2)c1. The van der Waals surface area contributed by atoms with Gasteiger partial charge in [-0.05, 0) is 29.8 Å². The minimum atomic E-state index is -0.398. The molecule has 0 saturated carbocycles. The van der Waals surface area contributed by atoms with Gasteiger partial charge in [-0.1, -0.05) is 12.1 Å². The van der Waals surface area contributed by atoms with E-state index in [1.165, 1.54) is 0 Å². The predicted molar refractivity (Wildman–Crippen MR) is 88.9 cm³/mol. The Morgan fingerprint density at radius 1 is 1.17 bits per heavy atom. The van der Waals surface area contributed by atoms with Crippen LogP contribution < -0.4 is 4.90 Å². The third kappa shape index (κ3) is 4.07. The summed E-state index contributed by atoms with van der Waals surface area (Å²) in [7, 11) is 0. The van der Waals surface area contributed by atoms with Crippen LogP contribution in [0.25, 0.3) is 0 Å². The van der Waals surface area contributed by atoms with Crippen LogP contribution in [0.5, 0.6) is 0 Å². The Morgan fingerprint density at radius 3 is 2.78 bits per heavy atom. The molecule has 1 aliphatic rings. The van der Waals surface area contributed by atoms with E-state index in [2.05, 4.69) is 20.9 Å². The molecule has 0 aliphatic carbocycles. The zero-order valence-electron chi connectivity index (χ0n) is 13.0. The Morgan fingerprint density at radius 2 is 2.00 bits per heavy atom. The van der Waals surface area contributed by atoms with Crippen molar-refractivity contribution in [3.8, 4) is 6.07 Å². The second kappa shape index (κ2) is 7.23. The smallest absolute Gasteiger partial charge is 0.0991 e. The van der Waals surface area contributed by atoms with Crippen molar-refractivity contribution in [1.82, 2.24) is 9.88 Å². The number of aliphatic hydroxyl groups excluding tert-OH is 1. The lowest BCUT2D eigenvalue weighted by Gasteiger charge is -2.23. The van der Waals surface area contributed by atoms with Crippen molar-refractivity contribution in [2.45, 2.75) is 12.6 Å². The van der Waals surface area contributed by atoms with Crippen LogP contribution in [0.1, 0.15) is 11.1 Å². The molecule has 1 unspecified atom stereocenters. The van der Waals surface area contributed by atoms with E-state index in [1.54, 1.807) is 12.4 Å². The Kier molecular flexibility index (Phi) is 4.86. The third-order valence-corrected chi connectivity index (χ3v) is 4.08. The maximum atomic E-state index is 10.3. The largest absolute Gasteiger partial charge is 0.390 e. The topological polar surface area (TPSA) is 63.4 Å². The van der Waals surface area contributed by atoms with Crippen LogP contribution in [0.4, 0.5) is 5.69 Å². The first-order valence-corrected chi connectivity index (χ1v) is 7.79. The van der Waals surface area contributed by atoms with Crippen molar-refractivity contribution in [2.24, 2.45) is 0 Å². The molecule has 118 valence electrons. The predicted octanol–water partition coefficient (Wildman–Crippen LogP) is 1.64. The second-order valence-electron chi connectivity index (χ2n) is 5.85. The van der Waals surface area contributed by atoms with Crippen molar-refractivity contribution in [2.75, 3.05) is 31.1 Å². The van der Waals surface area contributed by atoms with E-state index in [0.717, 1.165) is 30.9 Å².